The van der Waals surface area contributed by atoms with E-state index in [1.807, 2.05) is 37.8 Å². The number of H-pyrrole nitrogens is 1. The van der Waals surface area contributed by atoms with E-state index in [2.05, 4.69) is 55.6 Å². The molecule has 4 aromatic heterocycles. The topological polar surface area (TPSA) is 127 Å². The molecule has 1 fully saturated rings. The zero-order chi connectivity index (χ0) is 27.6. The summed E-state index contributed by atoms with van der Waals surface area (Å²) in [7, 11) is 1.94. The number of hydrogen-bond acceptors (Lipinski definition) is 7. The Morgan fingerprint density at radius 3 is 2.80 bits per heavy atom. The molecular formula is C30H32N8O2. The van der Waals surface area contributed by atoms with E-state index in [1.54, 1.807) is 0 Å². The summed E-state index contributed by atoms with van der Waals surface area (Å²) in [4.78, 5) is 30.4. The van der Waals surface area contributed by atoms with E-state index in [9.17, 15) is 4.79 Å². The molecule has 1 unspecified atom stereocenters. The maximum absolute atomic E-state index is 13.1. The largest absolute Gasteiger partial charge is 0.341 e. The smallest absolute Gasteiger partial charge is 0.315 e. The molecule has 10 heteroatoms. The SMILES string of the molecule is Cc1nn(C)c(C)c1-c1nc2c(-c3ccc4c(c3)CCCCC4NC(=O)c3nc(C4(C)CC4)no3)ccnc2[nH]1. The van der Waals surface area contributed by atoms with E-state index in [0.717, 1.165) is 89.2 Å². The van der Waals surface area contributed by atoms with Gasteiger partial charge in [0.2, 0.25) is 0 Å². The van der Waals surface area contributed by atoms with Gasteiger partial charge in [-0.05, 0) is 68.7 Å². The number of aryl methyl sites for hydroxylation is 3. The van der Waals surface area contributed by atoms with Crippen molar-refractivity contribution in [3.05, 3.63) is 64.7 Å². The molecule has 4 heterocycles. The van der Waals surface area contributed by atoms with Crippen LogP contribution in [-0.4, -0.2) is 40.8 Å². The molecule has 1 amide bonds. The van der Waals surface area contributed by atoms with Crippen LogP contribution in [0.15, 0.2) is 35.0 Å². The van der Waals surface area contributed by atoms with Crippen molar-refractivity contribution in [2.24, 2.45) is 7.05 Å². The van der Waals surface area contributed by atoms with E-state index >= 15 is 0 Å². The molecule has 1 aromatic carbocycles. The zero-order valence-electron chi connectivity index (χ0n) is 23.2. The quantitative estimate of drug-likeness (QED) is 0.293. The summed E-state index contributed by atoms with van der Waals surface area (Å²) in [5.41, 5.74) is 8.98. The number of imidazole rings is 1. The number of carbonyl (C=O) groups excluding carboxylic acids is 1. The number of hydrogen-bond donors (Lipinski definition) is 2. The Kier molecular flexibility index (Phi) is 5.62. The average Bonchev–Trinajstić information content (AvgIpc) is 3.25. The minimum atomic E-state index is -0.314. The second-order valence-electron chi connectivity index (χ2n) is 11.5. The highest BCUT2D eigenvalue weighted by molar-refractivity contribution is 5.92. The van der Waals surface area contributed by atoms with Gasteiger partial charge < -0.3 is 14.8 Å². The fourth-order valence-electron chi connectivity index (χ4n) is 5.87. The molecule has 0 radical (unpaired) electrons. The predicted octanol–water partition coefficient (Wildman–Crippen LogP) is 5.27. The molecule has 1 atom stereocenters. The van der Waals surface area contributed by atoms with Crippen LogP contribution in [0, 0.1) is 13.8 Å². The molecule has 1 saturated carbocycles. The van der Waals surface area contributed by atoms with E-state index < -0.39 is 0 Å². The van der Waals surface area contributed by atoms with Gasteiger partial charge in [-0.2, -0.15) is 10.1 Å². The molecular weight excluding hydrogens is 504 g/mol. The number of pyridine rings is 1. The third-order valence-corrected chi connectivity index (χ3v) is 8.61. The van der Waals surface area contributed by atoms with Gasteiger partial charge in [-0.25, -0.2) is 9.97 Å². The fourth-order valence-corrected chi connectivity index (χ4v) is 5.87. The van der Waals surface area contributed by atoms with Crippen molar-refractivity contribution >= 4 is 17.1 Å². The minimum absolute atomic E-state index is 0.0399. The lowest BCUT2D eigenvalue weighted by Gasteiger charge is -2.19. The van der Waals surface area contributed by atoms with Crippen molar-refractivity contribution in [2.45, 2.75) is 70.8 Å². The lowest BCUT2D eigenvalue weighted by Crippen LogP contribution is -2.29. The second-order valence-corrected chi connectivity index (χ2v) is 11.5. The average molecular weight is 537 g/mol. The molecule has 40 heavy (non-hydrogen) atoms. The highest BCUT2D eigenvalue weighted by atomic mass is 16.5. The molecule has 7 rings (SSSR count). The molecule has 10 nitrogen and oxygen atoms in total. The van der Waals surface area contributed by atoms with Gasteiger partial charge in [-0.15, -0.1) is 0 Å². The van der Waals surface area contributed by atoms with Crippen LogP contribution in [-0.2, 0) is 18.9 Å². The van der Waals surface area contributed by atoms with E-state index in [1.165, 1.54) is 5.56 Å². The molecule has 2 aliphatic carbocycles. The van der Waals surface area contributed by atoms with E-state index in [0.29, 0.717) is 5.82 Å². The first kappa shape index (κ1) is 24.7. The third-order valence-electron chi connectivity index (χ3n) is 8.61. The van der Waals surface area contributed by atoms with Crippen molar-refractivity contribution in [1.82, 2.24) is 40.2 Å². The first-order valence-corrected chi connectivity index (χ1v) is 13.9. The second kappa shape index (κ2) is 9.11. The van der Waals surface area contributed by atoms with Crippen molar-refractivity contribution in [3.63, 3.8) is 0 Å². The molecule has 0 spiro atoms. The molecule has 204 valence electrons. The van der Waals surface area contributed by atoms with Gasteiger partial charge in [-0.3, -0.25) is 9.48 Å². The summed E-state index contributed by atoms with van der Waals surface area (Å²) >= 11 is 0. The van der Waals surface area contributed by atoms with Crippen LogP contribution in [0.4, 0.5) is 0 Å². The Hall–Kier alpha value is -4.34. The predicted molar refractivity (Wildman–Crippen MR) is 150 cm³/mol. The van der Waals surface area contributed by atoms with E-state index in [4.69, 9.17) is 9.51 Å². The monoisotopic (exact) mass is 536 g/mol. The van der Waals surface area contributed by atoms with Gasteiger partial charge in [0.15, 0.2) is 11.5 Å². The van der Waals surface area contributed by atoms with Crippen LogP contribution in [0.1, 0.15) is 84.1 Å². The van der Waals surface area contributed by atoms with Crippen LogP contribution in [0.2, 0.25) is 0 Å². The molecule has 5 aromatic rings. The summed E-state index contributed by atoms with van der Waals surface area (Å²) < 4.78 is 7.20. The van der Waals surface area contributed by atoms with E-state index in [-0.39, 0.29) is 23.3 Å². The lowest BCUT2D eigenvalue weighted by molar-refractivity contribution is 0.0890. The summed E-state index contributed by atoms with van der Waals surface area (Å²) in [6.45, 7) is 6.14. The molecule has 2 N–H and O–H groups in total. The lowest BCUT2D eigenvalue weighted by atomic mass is 9.94. The van der Waals surface area contributed by atoms with Crippen LogP contribution in [0.25, 0.3) is 33.7 Å². The standard InChI is InChI=1S/C30H32N8O2/c1-16-23(17(2)38(4)36-16)25-33-24-21(11-14-31-26(24)34-25)19-9-10-20-18(15-19)7-5-6-8-22(20)32-27(39)28-35-29(37-40-28)30(3)12-13-30/h9-11,14-15,22H,5-8,12-13H2,1-4H3,(H,32,39)(H,31,33,34). The molecule has 0 bridgehead atoms. The molecule has 2 aliphatic rings. The fraction of sp³-hybridized carbons (Fsp3) is 0.400. The Bertz CT molecular complexity index is 1770. The summed E-state index contributed by atoms with van der Waals surface area (Å²) in [6, 6.07) is 8.40. The molecule has 0 saturated heterocycles. The van der Waals surface area contributed by atoms with Crippen molar-refractivity contribution in [1.29, 1.82) is 0 Å². The Labute approximate surface area is 231 Å². The first-order chi connectivity index (χ1) is 19.3. The number of benzene rings is 1. The minimum Gasteiger partial charge on any atom is -0.341 e. The maximum Gasteiger partial charge on any atom is 0.315 e. The highest BCUT2D eigenvalue weighted by Gasteiger charge is 2.44. The van der Waals surface area contributed by atoms with Crippen LogP contribution in [0.5, 0.6) is 0 Å². The first-order valence-electron chi connectivity index (χ1n) is 13.9. The van der Waals surface area contributed by atoms with Gasteiger partial charge in [0.1, 0.15) is 11.3 Å². The van der Waals surface area contributed by atoms with Gasteiger partial charge in [0.25, 0.3) is 0 Å². The third kappa shape index (κ3) is 4.09. The number of nitrogens with zero attached hydrogens (tertiary/aromatic N) is 6. The Morgan fingerprint density at radius 1 is 1.18 bits per heavy atom. The highest BCUT2D eigenvalue weighted by Crippen LogP contribution is 2.46. The van der Waals surface area contributed by atoms with Crippen LogP contribution >= 0.6 is 0 Å². The van der Waals surface area contributed by atoms with Crippen LogP contribution in [0.3, 0.4) is 0 Å². The number of nitrogens with one attached hydrogen (secondary N) is 2. The van der Waals surface area contributed by atoms with Crippen molar-refractivity contribution < 1.29 is 9.32 Å². The number of carbonyl (C=O) groups is 1. The zero-order valence-corrected chi connectivity index (χ0v) is 23.2. The number of amides is 1. The van der Waals surface area contributed by atoms with Crippen molar-refractivity contribution in [3.8, 4) is 22.5 Å². The van der Waals surface area contributed by atoms with Gasteiger partial charge in [0, 0.05) is 29.9 Å². The summed E-state index contributed by atoms with van der Waals surface area (Å²) in [5, 5.41) is 11.8. The Morgan fingerprint density at radius 2 is 2.02 bits per heavy atom. The van der Waals surface area contributed by atoms with Gasteiger partial charge >= 0.3 is 11.8 Å². The number of aromatic nitrogens is 7. The van der Waals surface area contributed by atoms with Crippen LogP contribution < -0.4 is 5.32 Å². The van der Waals surface area contributed by atoms with Gasteiger partial charge in [-0.1, -0.05) is 36.7 Å². The normalized spacial score (nSPS) is 17.9. The number of aromatic amines is 1. The molecule has 0 aliphatic heterocycles. The Balaban J connectivity index is 1.20. The number of rotatable bonds is 5. The van der Waals surface area contributed by atoms with Gasteiger partial charge in [0.05, 0.1) is 17.3 Å². The maximum atomic E-state index is 13.1. The number of fused-ring (bicyclic) bond motifs is 2. The summed E-state index contributed by atoms with van der Waals surface area (Å²) in [6.07, 6.45) is 7.77. The summed E-state index contributed by atoms with van der Waals surface area (Å²) in [5.74, 6) is 1.13. The van der Waals surface area contributed by atoms with Crippen molar-refractivity contribution in [2.75, 3.05) is 0 Å².